The van der Waals surface area contributed by atoms with Gasteiger partial charge in [-0.05, 0) is 97.8 Å². The number of hydrogen-bond donors (Lipinski definition) is 7. The predicted molar refractivity (Wildman–Crippen MR) is 339 cm³/mol. The lowest BCUT2D eigenvalue weighted by Gasteiger charge is -2.07. The number of benzene rings is 6. The van der Waals surface area contributed by atoms with Crippen molar-refractivity contribution in [3.05, 3.63) is 197 Å². The number of nitrogens with zero attached hydrogens (tertiary/aromatic N) is 8. The molecule has 0 atom stereocenters. The minimum Gasteiger partial charge on any atom is -0.412 e. The lowest BCUT2D eigenvalue weighted by Crippen LogP contribution is -2.12. The highest BCUT2D eigenvalue weighted by Gasteiger charge is 2.19. The molecule has 0 bridgehead atoms. The zero-order valence-electron chi connectivity index (χ0n) is 43.5. The zero-order chi connectivity index (χ0) is 57.4. The number of alkyl halides is 1. The van der Waals surface area contributed by atoms with Gasteiger partial charge in [0.15, 0.2) is 11.6 Å². The molecule has 5 aromatic heterocycles. The molecule has 5 heterocycles. The van der Waals surface area contributed by atoms with E-state index in [2.05, 4.69) is 81.2 Å². The van der Waals surface area contributed by atoms with Gasteiger partial charge in [-0.25, -0.2) is 46.1 Å². The van der Waals surface area contributed by atoms with E-state index in [9.17, 15) is 26.4 Å². The summed E-state index contributed by atoms with van der Waals surface area (Å²) < 4.78 is 47.5. The number of nitrogens with two attached hydrogens (primary N) is 5. The molecule has 0 unspecified atom stereocenters. The number of primary sulfonamides is 2. The van der Waals surface area contributed by atoms with Gasteiger partial charge in [0.05, 0.1) is 29.1 Å². The second kappa shape index (κ2) is 31.4. The van der Waals surface area contributed by atoms with Gasteiger partial charge in [0.1, 0.15) is 5.01 Å². The molecule has 11 aromatic rings. The summed E-state index contributed by atoms with van der Waals surface area (Å²) in [5, 5.41) is 33.7. The standard InChI is InChI=1S/C17H15N5O2S2.C15H14BrNO.C10H9N5O2S2.C8H9NO.C3H5N3S.CH4.ClH.H2O/c18-26(23,24)17-21-22-11-15(20-16(22)25-17)13-6-8-14(9-7-13)19-10-12-4-2-1-3-5-12;16-10-15(18)13-6-8-14(9-7-13)17-11-12-4-2-1-3-5-12;11-7-3-1-6(2-4-7)8-5-15-9(13-8)18-10(14-15)19(12,16)17;1-6(10)7-2-4-8(9)5-3-7;1-2-5-6-3(4)7-2;;;/h1-9,11,19H,10H2,(H2,18,23,24);1-9,17H,10-11H2;1-5H,11H2,(H2,12,16,17);2-5H,9H2,1H3;1H3,(H2,4,6);1H4;1H;1H2. The monoisotopic (exact) mass is 1300 g/mol. The first-order valence-electron chi connectivity index (χ1n) is 23.6. The molecule has 11 rings (SSSR count). The molecular formula is C54H59BrClN15O7S5. The van der Waals surface area contributed by atoms with Crippen molar-refractivity contribution in [2.24, 2.45) is 10.3 Å². The molecule has 0 aliphatic rings. The van der Waals surface area contributed by atoms with Crippen LogP contribution in [0.1, 0.15) is 51.2 Å². The smallest absolute Gasteiger partial charge is 0.267 e. The third kappa shape index (κ3) is 20.4. The zero-order valence-corrected chi connectivity index (χ0v) is 50.0. The van der Waals surface area contributed by atoms with E-state index in [-0.39, 0.29) is 45.6 Å². The number of anilines is 5. The third-order valence-electron chi connectivity index (χ3n) is 10.8. The van der Waals surface area contributed by atoms with Gasteiger partial charge in [0.25, 0.3) is 20.0 Å². The Kier molecular flexibility index (Phi) is 25.5. The number of ketones is 2. The lowest BCUT2D eigenvalue weighted by molar-refractivity contribution is 0.101. The van der Waals surface area contributed by atoms with Crippen molar-refractivity contribution in [2.75, 3.05) is 33.2 Å². The van der Waals surface area contributed by atoms with Gasteiger partial charge < -0.3 is 33.3 Å². The molecule has 0 radical (unpaired) electrons. The van der Waals surface area contributed by atoms with Gasteiger partial charge in [0, 0.05) is 58.1 Å². The Labute approximate surface area is 505 Å². The summed E-state index contributed by atoms with van der Waals surface area (Å²) in [4.78, 5) is 31.8. The van der Waals surface area contributed by atoms with E-state index in [4.69, 9.17) is 27.5 Å². The van der Waals surface area contributed by atoms with Gasteiger partial charge in [-0.1, -0.05) is 142 Å². The van der Waals surface area contributed by atoms with Gasteiger partial charge in [-0.15, -0.1) is 32.8 Å². The van der Waals surface area contributed by atoms with Crippen LogP contribution in [0, 0.1) is 6.92 Å². The van der Waals surface area contributed by atoms with E-state index in [1.165, 1.54) is 38.4 Å². The number of hydrogen-bond acceptors (Lipinski definition) is 20. The quantitative estimate of drug-likeness (QED) is 0.0321. The van der Waals surface area contributed by atoms with E-state index in [1.54, 1.807) is 48.8 Å². The van der Waals surface area contributed by atoms with Crippen molar-refractivity contribution in [1.82, 2.24) is 39.4 Å². The number of carbonyl (C=O) groups is 2. The normalized spacial score (nSPS) is 10.5. The van der Waals surface area contributed by atoms with Crippen LogP contribution < -0.4 is 38.1 Å². The van der Waals surface area contributed by atoms with E-state index in [0.717, 1.165) is 74.5 Å². The van der Waals surface area contributed by atoms with E-state index in [0.29, 0.717) is 43.0 Å². The average molecular weight is 1310 g/mol. The fourth-order valence-corrected chi connectivity index (χ4v) is 10.6. The number of imidazole rings is 2. The Balaban J connectivity index is 0.000000234. The van der Waals surface area contributed by atoms with Gasteiger partial charge in [-0.2, -0.15) is 0 Å². The number of halogens is 2. The van der Waals surface area contributed by atoms with E-state index < -0.39 is 20.0 Å². The Morgan fingerprint density at radius 2 is 0.952 bits per heavy atom. The van der Waals surface area contributed by atoms with E-state index >= 15 is 0 Å². The second-order valence-corrected chi connectivity index (χ2v) is 24.0. The average Bonchev–Trinajstić information content (AvgIpc) is 4.09. The van der Waals surface area contributed by atoms with Crippen molar-refractivity contribution in [3.63, 3.8) is 0 Å². The molecule has 0 amide bonds. The molecule has 0 fully saturated rings. The van der Waals surface area contributed by atoms with Crippen LogP contribution in [-0.4, -0.2) is 78.6 Å². The highest BCUT2D eigenvalue weighted by Crippen LogP contribution is 2.26. The summed E-state index contributed by atoms with van der Waals surface area (Å²) in [6.45, 7) is 4.94. The molecule has 0 saturated heterocycles. The summed E-state index contributed by atoms with van der Waals surface area (Å²) in [6, 6.07) is 49.9. The van der Waals surface area contributed by atoms with E-state index in [1.807, 2.05) is 104 Å². The number of nitrogen functional groups attached to an aromatic ring is 3. The Morgan fingerprint density at radius 3 is 1.29 bits per heavy atom. The summed E-state index contributed by atoms with van der Waals surface area (Å²) >= 11 is 6.43. The molecule has 83 heavy (non-hydrogen) atoms. The fraction of sp³-hybridized carbons (Fsp3) is 0.111. The summed E-state index contributed by atoms with van der Waals surface area (Å²) in [7, 11) is -7.60. The predicted octanol–water partition coefficient (Wildman–Crippen LogP) is 9.41. The molecule has 22 nitrogen and oxygen atoms in total. The van der Waals surface area contributed by atoms with Crippen LogP contribution in [0.15, 0.2) is 179 Å². The summed E-state index contributed by atoms with van der Waals surface area (Å²) in [5.41, 5.74) is 26.7. The maximum Gasteiger partial charge on any atom is 0.267 e. The Hall–Kier alpha value is -8.03. The van der Waals surface area contributed by atoms with Crippen LogP contribution >= 0.6 is 62.3 Å². The van der Waals surface area contributed by atoms with Crippen LogP contribution in [-0.2, 0) is 33.1 Å². The number of Topliss-reactive ketones (excluding diaryl/α,β-unsaturated/α-hetero) is 2. The SMILES string of the molecule is C.CC(=O)c1ccc(N)cc1.Cc1nnc(N)s1.Cl.NS(=O)(=O)c1nn2cc(-c3ccc(NCc4ccccc4)cc3)nc2s1.Nc1ccc(-c2cn3nc(S(N)(=O)=O)sc3n2)cc1.O.O=C(CBr)c1ccc(NCc2ccccc2)cc1. The van der Waals surface area contributed by atoms with Gasteiger partial charge >= 0.3 is 0 Å². The Morgan fingerprint density at radius 1 is 0.566 bits per heavy atom. The second-order valence-electron chi connectivity index (χ2n) is 16.9. The van der Waals surface area contributed by atoms with Crippen molar-refractivity contribution in [1.29, 1.82) is 0 Å². The summed E-state index contributed by atoms with van der Waals surface area (Å²) in [6.07, 6.45) is 3.33. The number of fused-ring (bicyclic) bond motifs is 2. The van der Waals surface area contributed by atoms with Crippen LogP contribution in [0.3, 0.4) is 0 Å². The number of carbonyl (C=O) groups excluding carboxylic acids is 2. The molecule has 6 aromatic carbocycles. The molecular weight excluding hydrogens is 1250 g/mol. The molecule has 0 spiro atoms. The van der Waals surface area contributed by atoms with Crippen molar-refractivity contribution < 1.29 is 31.9 Å². The largest absolute Gasteiger partial charge is 0.412 e. The van der Waals surface area contributed by atoms with Crippen molar-refractivity contribution >= 4 is 132 Å². The van der Waals surface area contributed by atoms with Crippen molar-refractivity contribution in [3.8, 4) is 22.5 Å². The minimum absolute atomic E-state index is 0. The maximum absolute atomic E-state index is 11.4. The molecule has 14 N–H and O–H groups in total. The van der Waals surface area contributed by atoms with Crippen LogP contribution in [0.4, 0.5) is 27.9 Å². The minimum atomic E-state index is -3.81. The van der Waals surface area contributed by atoms with Crippen LogP contribution in [0.25, 0.3) is 32.4 Å². The number of aromatic nitrogens is 8. The molecule has 0 aliphatic carbocycles. The first-order chi connectivity index (χ1) is 38.2. The fourth-order valence-electron chi connectivity index (χ4n) is 6.77. The third-order valence-corrected chi connectivity index (χ3v) is 16.4. The number of nitrogens with one attached hydrogen (secondary N) is 2. The molecule has 0 aliphatic heterocycles. The van der Waals surface area contributed by atoms with Gasteiger partial charge in [0.2, 0.25) is 23.7 Å². The number of sulfonamides is 2. The number of rotatable bonds is 13. The lowest BCUT2D eigenvalue weighted by atomic mass is 10.1. The van der Waals surface area contributed by atoms with Crippen LogP contribution in [0.5, 0.6) is 0 Å². The maximum atomic E-state index is 11.4. The highest BCUT2D eigenvalue weighted by atomic mass is 79.9. The van der Waals surface area contributed by atoms with Crippen LogP contribution in [0.2, 0.25) is 0 Å². The van der Waals surface area contributed by atoms with Crippen molar-refractivity contribution in [2.45, 2.75) is 43.0 Å². The first-order valence-corrected chi connectivity index (χ1v) is 30.3. The first kappa shape index (κ1) is 67.5. The summed E-state index contributed by atoms with van der Waals surface area (Å²) in [5.74, 6) is 0.171. The molecule has 436 valence electrons. The molecule has 29 heteroatoms. The molecule has 0 saturated carbocycles. The van der Waals surface area contributed by atoms with Gasteiger partial charge in [-0.3, -0.25) is 9.59 Å². The number of aryl methyl sites for hydroxylation is 1. The topological polar surface area (TPSA) is 374 Å². The highest BCUT2D eigenvalue weighted by molar-refractivity contribution is 9.09. The Bertz CT molecular complexity index is 3960.